The van der Waals surface area contributed by atoms with E-state index in [1.807, 2.05) is 57.2 Å². The highest BCUT2D eigenvalue weighted by atomic mass is 35.5. The molecule has 0 aliphatic rings. The smallest absolute Gasteiger partial charge is 0.225 e. The molecule has 0 aliphatic carbocycles. The molecule has 0 fully saturated rings. The summed E-state index contributed by atoms with van der Waals surface area (Å²) in [6.07, 6.45) is 0. The molecule has 2 N–H and O–H groups in total. The number of para-hydroxylation sites is 1. The van der Waals surface area contributed by atoms with E-state index in [2.05, 4.69) is 22.4 Å². The van der Waals surface area contributed by atoms with Gasteiger partial charge in [0, 0.05) is 38.5 Å². The van der Waals surface area contributed by atoms with Crippen LogP contribution in [0.3, 0.4) is 0 Å². The van der Waals surface area contributed by atoms with Crippen LogP contribution >= 0.6 is 23.4 Å². The second kappa shape index (κ2) is 7.77. The zero-order valence-corrected chi connectivity index (χ0v) is 16.8. The maximum Gasteiger partial charge on any atom is 0.225 e. The summed E-state index contributed by atoms with van der Waals surface area (Å²) >= 11 is 7.79. The van der Waals surface area contributed by atoms with Crippen molar-refractivity contribution in [3.05, 3.63) is 53.6 Å². The van der Waals surface area contributed by atoms with Gasteiger partial charge in [0.2, 0.25) is 5.91 Å². The highest BCUT2D eigenvalue weighted by molar-refractivity contribution is 7.99. The average molecular weight is 387 g/mol. The van der Waals surface area contributed by atoms with E-state index in [9.17, 15) is 4.79 Å². The quantitative estimate of drug-likeness (QED) is 0.433. The van der Waals surface area contributed by atoms with Gasteiger partial charge < -0.3 is 10.3 Å². The van der Waals surface area contributed by atoms with Gasteiger partial charge in [0.05, 0.1) is 5.69 Å². The van der Waals surface area contributed by atoms with E-state index < -0.39 is 0 Å². The predicted molar refractivity (Wildman–Crippen MR) is 112 cm³/mol. The number of benzene rings is 2. The minimum atomic E-state index is -0.361. The number of aromatic amines is 1. The summed E-state index contributed by atoms with van der Waals surface area (Å²) in [7, 11) is 0. The lowest BCUT2D eigenvalue weighted by Gasteiger charge is -2.17. The molecule has 3 aromatic rings. The summed E-state index contributed by atoms with van der Waals surface area (Å²) < 4.78 is 0. The van der Waals surface area contributed by atoms with Crippen LogP contribution in [0.5, 0.6) is 0 Å². The Labute approximate surface area is 163 Å². The number of halogens is 1. The van der Waals surface area contributed by atoms with Crippen LogP contribution < -0.4 is 5.32 Å². The Morgan fingerprint density at radius 2 is 1.81 bits per heavy atom. The Hall–Kier alpha value is -1.91. The molecule has 0 bridgehead atoms. The highest BCUT2D eigenvalue weighted by Gasteiger charge is 2.20. The fraction of sp³-hybridized carbons (Fsp3) is 0.286. The first-order chi connectivity index (χ1) is 12.4. The van der Waals surface area contributed by atoms with Crippen LogP contribution in [-0.4, -0.2) is 23.2 Å². The van der Waals surface area contributed by atoms with Gasteiger partial charge >= 0.3 is 0 Å². The lowest BCUT2D eigenvalue weighted by molar-refractivity contribution is -0.128. The molecule has 0 aliphatic heterocycles. The summed E-state index contributed by atoms with van der Waals surface area (Å²) in [5, 5.41) is 4.94. The number of fused-ring (bicyclic) bond motifs is 1. The molecule has 0 saturated heterocycles. The van der Waals surface area contributed by atoms with E-state index in [4.69, 9.17) is 11.6 Å². The van der Waals surface area contributed by atoms with Crippen LogP contribution in [0, 0.1) is 5.41 Å². The van der Waals surface area contributed by atoms with Gasteiger partial charge in [0.15, 0.2) is 0 Å². The molecule has 0 unspecified atom stereocenters. The Morgan fingerprint density at radius 3 is 2.50 bits per heavy atom. The van der Waals surface area contributed by atoms with E-state index in [0.717, 1.165) is 27.5 Å². The van der Waals surface area contributed by atoms with Gasteiger partial charge in [-0.2, -0.15) is 0 Å². The Balaban J connectivity index is 1.81. The topological polar surface area (TPSA) is 44.9 Å². The van der Waals surface area contributed by atoms with Crippen LogP contribution in [0.2, 0.25) is 5.02 Å². The van der Waals surface area contributed by atoms with Crippen LogP contribution in [-0.2, 0) is 4.79 Å². The van der Waals surface area contributed by atoms with Gasteiger partial charge in [-0.3, -0.25) is 4.79 Å². The van der Waals surface area contributed by atoms with Crippen LogP contribution in [0.25, 0.3) is 22.2 Å². The SMILES string of the molecule is CC(C)(C)C(=O)NCCSc1c(-c2ccc(Cl)cc2)[nH]c2ccccc12. The second-order valence-electron chi connectivity index (χ2n) is 7.24. The van der Waals surface area contributed by atoms with Crippen molar-refractivity contribution in [3.8, 4) is 11.3 Å². The summed E-state index contributed by atoms with van der Waals surface area (Å²) in [5.41, 5.74) is 2.94. The number of amides is 1. The van der Waals surface area contributed by atoms with Crippen molar-refractivity contribution in [3.63, 3.8) is 0 Å². The highest BCUT2D eigenvalue weighted by Crippen LogP contribution is 2.37. The standard InChI is InChI=1S/C21H23ClN2OS/c1-21(2,3)20(25)23-12-13-26-19-16-6-4-5-7-17(16)24-18(19)14-8-10-15(22)11-9-14/h4-11,24H,12-13H2,1-3H3,(H,23,25). The zero-order valence-electron chi connectivity index (χ0n) is 15.2. The third-order valence-electron chi connectivity index (χ3n) is 4.11. The minimum Gasteiger partial charge on any atom is -0.355 e. The molecule has 1 amide bonds. The molecule has 5 heteroatoms. The van der Waals surface area contributed by atoms with Crippen molar-refractivity contribution in [2.24, 2.45) is 5.41 Å². The van der Waals surface area contributed by atoms with E-state index in [0.29, 0.717) is 6.54 Å². The number of carbonyl (C=O) groups is 1. The molecular weight excluding hydrogens is 364 g/mol. The van der Waals surface area contributed by atoms with E-state index in [1.54, 1.807) is 11.8 Å². The van der Waals surface area contributed by atoms with Crippen molar-refractivity contribution >= 4 is 40.2 Å². The monoisotopic (exact) mass is 386 g/mol. The van der Waals surface area contributed by atoms with E-state index >= 15 is 0 Å². The lowest BCUT2D eigenvalue weighted by Crippen LogP contribution is -2.36. The van der Waals surface area contributed by atoms with Crippen molar-refractivity contribution < 1.29 is 4.79 Å². The summed E-state index contributed by atoms with van der Waals surface area (Å²) in [6.45, 7) is 6.41. The number of nitrogens with one attached hydrogen (secondary N) is 2. The molecule has 0 atom stereocenters. The van der Waals surface area contributed by atoms with E-state index in [-0.39, 0.29) is 11.3 Å². The molecule has 2 aromatic carbocycles. The third-order valence-corrected chi connectivity index (χ3v) is 5.48. The van der Waals surface area contributed by atoms with Gasteiger partial charge in [-0.05, 0) is 23.8 Å². The Bertz CT molecular complexity index is 910. The van der Waals surface area contributed by atoms with Gasteiger partial charge in [-0.1, -0.05) is 62.7 Å². The second-order valence-corrected chi connectivity index (χ2v) is 8.78. The lowest BCUT2D eigenvalue weighted by atomic mass is 9.96. The van der Waals surface area contributed by atoms with Gasteiger partial charge in [-0.25, -0.2) is 0 Å². The number of rotatable bonds is 5. The minimum absolute atomic E-state index is 0.0787. The molecule has 3 nitrogen and oxygen atoms in total. The largest absolute Gasteiger partial charge is 0.355 e. The molecule has 136 valence electrons. The van der Waals surface area contributed by atoms with Gasteiger partial charge in [0.1, 0.15) is 0 Å². The number of hydrogen-bond acceptors (Lipinski definition) is 2. The molecule has 26 heavy (non-hydrogen) atoms. The Morgan fingerprint density at radius 1 is 1.12 bits per heavy atom. The van der Waals surface area contributed by atoms with Gasteiger partial charge in [0.25, 0.3) is 0 Å². The first kappa shape index (κ1) is 18.9. The number of aromatic nitrogens is 1. The predicted octanol–water partition coefficient (Wildman–Crippen LogP) is 5.74. The van der Waals surface area contributed by atoms with Crippen LogP contribution in [0.4, 0.5) is 0 Å². The average Bonchev–Trinajstić information content (AvgIpc) is 2.97. The molecule has 1 aromatic heterocycles. The van der Waals surface area contributed by atoms with Crippen molar-refractivity contribution in [1.82, 2.24) is 10.3 Å². The van der Waals surface area contributed by atoms with Crippen molar-refractivity contribution in [2.45, 2.75) is 25.7 Å². The maximum atomic E-state index is 12.0. The molecule has 3 rings (SSSR count). The molecule has 0 radical (unpaired) electrons. The fourth-order valence-electron chi connectivity index (χ4n) is 2.67. The summed E-state index contributed by atoms with van der Waals surface area (Å²) in [5.74, 6) is 0.888. The first-order valence-corrected chi connectivity index (χ1v) is 10.0. The van der Waals surface area contributed by atoms with Crippen LogP contribution in [0.15, 0.2) is 53.4 Å². The molecular formula is C21H23ClN2OS. The van der Waals surface area contributed by atoms with E-state index in [1.165, 1.54) is 10.3 Å². The fourth-order valence-corrected chi connectivity index (χ4v) is 3.85. The zero-order chi connectivity index (χ0) is 18.7. The molecule has 0 spiro atoms. The number of carbonyl (C=O) groups excluding carboxylic acids is 1. The summed E-state index contributed by atoms with van der Waals surface area (Å²) in [4.78, 5) is 16.7. The van der Waals surface area contributed by atoms with Gasteiger partial charge in [-0.15, -0.1) is 11.8 Å². The molecule has 1 heterocycles. The van der Waals surface area contributed by atoms with Crippen molar-refractivity contribution in [1.29, 1.82) is 0 Å². The number of thioether (sulfide) groups is 1. The normalized spacial score (nSPS) is 11.7. The number of hydrogen-bond donors (Lipinski definition) is 2. The summed E-state index contributed by atoms with van der Waals surface area (Å²) in [6, 6.07) is 16.1. The van der Waals surface area contributed by atoms with Crippen molar-refractivity contribution in [2.75, 3.05) is 12.3 Å². The molecule has 0 saturated carbocycles. The first-order valence-electron chi connectivity index (χ1n) is 8.64. The third kappa shape index (κ3) is 4.25. The Kier molecular flexibility index (Phi) is 5.64. The maximum absolute atomic E-state index is 12.0. The van der Waals surface area contributed by atoms with Crippen LogP contribution in [0.1, 0.15) is 20.8 Å². The number of H-pyrrole nitrogens is 1.